The summed E-state index contributed by atoms with van der Waals surface area (Å²) in [6.45, 7) is 3.99. The summed E-state index contributed by atoms with van der Waals surface area (Å²) in [5, 5.41) is 9.81. The molecule has 0 saturated heterocycles. The molecule has 1 aromatic heterocycles. The SMILES string of the molecule is CC1(C)CC(=O)C2=C(C1)OC(N)=C(C#N)[C@@H]2c1ccc(COc2ccc(F)cc2Cl)o1. The lowest BCUT2D eigenvalue weighted by molar-refractivity contribution is -0.119. The van der Waals surface area contributed by atoms with Gasteiger partial charge in [-0.25, -0.2) is 4.39 Å². The van der Waals surface area contributed by atoms with E-state index >= 15 is 0 Å². The van der Waals surface area contributed by atoms with Crippen LogP contribution in [0.25, 0.3) is 0 Å². The Balaban J connectivity index is 1.63. The molecule has 1 aliphatic heterocycles. The zero-order valence-electron chi connectivity index (χ0n) is 17.0. The van der Waals surface area contributed by atoms with Crippen molar-refractivity contribution < 1.29 is 23.1 Å². The second-order valence-corrected chi connectivity index (χ2v) is 8.78. The number of hydrogen-bond acceptors (Lipinski definition) is 6. The Morgan fingerprint density at radius 2 is 2.10 bits per heavy atom. The van der Waals surface area contributed by atoms with Crippen LogP contribution in [0.2, 0.25) is 5.02 Å². The number of allylic oxidation sites excluding steroid dienone is 3. The van der Waals surface area contributed by atoms with Crippen LogP contribution in [0, 0.1) is 22.6 Å². The van der Waals surface area contributed by atoms with E-state index in [-0.39, 0.29) is 34.3 Å². The minimum atomic E-state index is -0.736. The summed E-state index contributed by atoms with van der Waals surface area (Å²) in [7, 11) is 0. The van der Waals surface area contributed by atoms with Crippen LogP contribution >= 0.6 is 11.6 Å². The zero-order valence-corrected chi connectivity index (χ0v) is 17.8. The van der Waals surface area contributed by atoms with Crippen LogP contribution in [0.1, 0.15) is 44.1 Å². The molecule has 8 heteroatoms. The van der Waals surface area contributed by atoms with E-state index in [0.717, 1.165) is 6.07 Å². The molecular weight excluding hydrogens is 423 g/mol. The van der Waals surface area contributed by atoms with Gasteiger partial charge in [0.1, 0.15) is 47.1 Å². The van der Waals surface area contributed by atoms with Gasteiger partial charge in [-0.15, -0.1) is 0 Å². The predicted molar refractivity (Wildman–Crippen MR) is 110 cm³/mol. The molecule has 0 saturated carbocycles. The van der Waals surface area contributed by atoms with Crippen LogP contribution < -0.4 is 10.5 Å². The average Bonchev–Trinajstić information content (AvgIpc) is 3.14. The minimum Gasteiger partial charge on any atom is -0.484 e. The number of benzene rings is 1. The third-order valence-corrected chi connectivity index (χ3v) is 5.60. The Bertz CT molecular complexity index is 1170. The maximum atomic E-state index is 13.2. The Labute approximate surface area is 183 Å². The fourth-order valence-corrected chi connectivity index (χ4v) is 4.16. The standard InChI is InChI=1S/C23H20ClFN2O4/c1-23(2)8-16(28)21-19(9-23)31-22(27)14(10-26)20(21)18-6-4-13(30-18)11-29-17-5-3-12(25)7-15(17)24/h3-7,20H,8-9,11,27H2,1-2H3/t20-/m1/s1. The number of nitriles is 1. The van der Waals surface area contributed by atoms with Crippen LogP contribution in [0.5, 0.6) is 5.75 Å². The normalized spacial score (nSPS) is 20.2. The van der Waals surface area contributed by atoms with Crippen molar-refractivity contribution >= 4 is 17.4 Å². The first-order valence-electron chi connectivity index (χ1n) is 9.69. The van der Waals surface area contributed by atoms with Crippen molar-refractivity contribution in [2.24, 2.45) is 11.1 Å². The Kier molecular flexibility index (Phi) is 5.28. The lowest BCUT2D eigenvalue weighted by Gasteiger charge is -2.36. The molecule has 1 aromatic carbocycles. The molecule has 2 heterocycles. The van der Waals surface area contributed by atoms with Crippen molar-refractivity contribution in [1.29, 1.82) is 5.26 Å². The summed E-state index contributed by atoms with van der Waals surface area (Å²) < 4.78 is 30.4. The number of ether oxygens (including phenoxy) is 2. The number of hydrogen-bond donors (Lipinski definition) is 1. The van der Waals surface area contributed by atoms with Gasteiger partial charge in [0, 0.05) is 18.4 Å². The van der Waals surface area contributed by atoms with Gasteiger partial charge in [-0.05, 0) is 35.7 Å². The first-order chi connectivity index (χ1) is 14.7. The molecule has 31 heavy (non-hydrogen) atoms. The molecule has 1 aliphatic carbocycles. The summed E-state index contributed by atoms with van der Waals surface area (Å²) in [4.78, 5) is 13.0. The van der Waals surface area contributed by atoms with E-state index < -0.39 is 11.7 Å². The summed E-state index contributed by atoms with van der Waals surface area (Å²) in [6, 6.07) is 9.25. The summed E-state index contributed by atoms with van der Waals surface area (Å²) in [5.41, 5.74) is 6.29. The first kappa shape index (κ1) is 21.0. The molecule has 0 amide bonds. The molecule has 160 valence electrons. The number of nitrogens with zero attached hydrogens (tertiary/aromatic N) is 1. The topological polar surface area (TPSA) is 98.5 Å². The first-order valence-corrected chi connectivity index (χ1v) is 10.1. The van der Waals surface area contributed by atoms with Crippen LogP contribution in [0.15, 0.2) is 57.5 Å². The van der Waals surface area contributed by atoms with Gasteiger partial charge in [0.05, 0.1) is 10.9 Å². The molecular formula is C23H20ClFN2O4. The van der Waals surface area contributed by atoms with Crippen molar-refractivity contribution in [3.8, 4) is 11.8 Å². The highest BCUT2D eigenvalue weighted by Gasteiger charge is 2.44. The number of furan rings is 1. The summed E-state index contributed by atoms with van der Waals surface area (Å²) in [5.74, 6) is 0.317. The van der Waals surface area contributed by atoms with Gasteiger partial charge in [0.2, 0.25) is 5.88 Å². The van der Waals surface area contributed by atoms with Gasteiger partial charge in [0.25, 0.3) is 0 Å². The summed E-state index contributed by atoms with van der Waals surface area (Å²) in [6.07, 6.45) is 0.869. The number of carbonyl (C=O) groups is 1. The molecule has 0 radical (unpaired) electrons. The van der Waals surface area contributed by atoms with Gasteiger partial charge >= 0.3 is 0 Å². The monoisotopic (exact) mass is 442 g/mol. The van der Waals surface area contributed by atoms with Gasteiger partial charge < -0.3 is 19.6 Å². The van der Waals surface area contributed by atoms with Crippen LogP contribution in [0.4, 0.5) is 4.39 Å². The van der Waals surface area contributed by atoms with Gasteiger partial charge in [-0.2, -0.15) is 5.26 Å². The average molecular weight is 443 g/mol. The highest BCUT2D eigenvalue weighted by Crippen LogP contribution is 2.48. The number of carbonyl (C=O) groups excluding carboxylic acids is 1. The molecule has 0 spiro atoms. The third kappa shape index (κ3) is 4.04. The van der Waals surface area contributed by atoms with Crippen LogP contribution in [-0.4, -0.2) is 5.78 Å². The highest BCUT2D eigenvalue weighted by atomic mass is 35.5. The molecule has 4 rings (SSSR count). The van der Waals surface area contributed by atoms with Crippen LogP contribution in [-0.2, 0) is 16.1 Å². The fraction of sp³-hybridized carbons (Fsp3) is 0.304. The lowest BCUT2D eigenvalue weighted by atomic mass is 9.71. The molecule has 6 nitrogen and oxygen atoms in total. The maximum absolute atomic E-state index is 13.2. The van der Waals surface area contributed by atoms with Gasteiger partial charge in [0.15, 0.2) is 5.78 Å². The van der Waals surface area contributed by atoms with E-state index in [1.54, 1.807) is 12.1 Å². The number of Topliss-reactive ketones (excluding diaryl/α,β-unsaturated/α-hetero) is 1. The molecule has 2 aromatic rings. The Morgan fingerprint density at radius 3 is 2.81 bits per heavy atom. The molecule has 0 fully saturated rings. The quantitative estimate of drug-likeness (QED) is 0.707. The predicted octanol–water partition coefficient (Wildman–Crippen LogP) is 5.10. The second-order valence-electron chi connectivity index (χ2n) is 8.37. The van der Waals surface area contributed by atoms with Gasteiger partial charge in [-0.1, -0.05) is 25.4 Å². The van der Waals surface area contributed by atoms with Crippen molar-refractivity contribution in [2.45, 2.75) is 39.2 Å². The van der Waals surface area contributed by atoms with Crippen molar-refractivity contribution in [2.75, 3.05) is 0 Å². The second kappa shape index (κ2) is 7.78. The van der Waals surface area contributed by atoms with Gasteiger partial charge in [-0.3, -0.25) is 4.79 Å². The van der Waals surface area contributed by atoms with E-state index in [0.29, 0.717) is 41.4 Å². The van der Waals surface area contributed by atoms with E-state index in [4.69, 9.17) is 31.2 Å². The third-order valence-electron chi connectivity index (χ3n) is 5.31. The van der Waals surface area contributed by atoms with E-state index in [1.807, 2.05) is 13.8 Å². The lowest BCUT2D eigenvalue weighted by Crippen LogP contribution is -2.33. The number of ketones is 1. The number of nitrogens with two attached hydrogens (primary N) is 1. The van der Waals surface area contributed by atoms with Crippen molar-refractivity contribution in [3.63, 3.8) is 0 Å². The molecule has 1 atom stereocenters. The Hall–Kier alpha value is -3.24. The molecule has 2 N–H and O–H groups in total. The van der Waals surface area contributed by atoms with Crippen LogP contribution in [0.3, 0.4) is 0 Å². The molecule has 2 aliphatic rings. The number of halogens is 2. The van der Waals surface area contributed by atoms with E-state index in [1.165, 1.54) is 12.1 Å². The highest BCUT2D eigenvalue weighted by molar-refractivity contribution is 6.32. The van der Waals surface area contributed by atoms with E-state index in [9.17, 15) is 14.4 Å². The molecule has 0 bridgehead atoms. The number of rotatable bonds is 4. The molecule has 0 unspecified atom stereocenters. The van der Waals surface area contributed by atoms with E-state index in [2.05, 4.69) is 6.07 Å². The van der Waals surface area contributed by atoms with Crippen molar-refractivity contribution in [3.05, 3.63) is 75.5 Å². The summed E-state index contributed by atoms with van der Waals surface area (Å²) >= 11 is 5.98. The zero-order chi connectivity index (χ0) is 22.3. The minimum absolute atomic E-state index is 0.0240. The fourth-order valence-electron chi connectivity index (χ4n) is 3.94. The maximum Gasteiger partial charge on any atom is 0.205 e. The van der Waals surface area contributed by atoms with Crippen molar-refractivity contribution in [1.82, 2.24) is 0 Å². The largest absolute Gasteiger partial charge is 0.484 e. The smallest absolute Gasteiger partial charge is 0.205 e. The Morgan fingerprint density at radius 1 is 1.32 bits per heavy atom.